The zero-order valence-electron chi connectivity index (χ0n) is 18.9. The number of aryl methyl sites for hydroxylation is 1. The lowest BCUT2D eigenvalue weighted by atomic mass is 10.1. The normalized spacial score (nSPS) is 16.0. The van der Waals surface area contributed by atoms with Gasteiger partial charge in [-0.2, -0.15) is 5.10 Å². The summed E-state index contributed by atoms with van der Waals surface area (Å²) in [6.07, 6.45) is 4.81. The van der Waals surface area contributed by atoms with E-state index in [0.29, 0.717) is 36.2 Å². The van der Waals surface area contributed by atoms with Gasteiger partial charge in [0.05, 0.1) is 19.3 Å². The molecule has 4 rings (SSSR count). The molecule has 0 spiro atoms. The first-order valence-corrected chi connectivity index (χ1v) is 10.6. The summed E-state index contributed by atoms with van der Waals surface area (Å²) in [5.74, 6) is 1.80. The number of likely N-dealkylation sites (tertiary alicyclic amines) is 1. The van der Waals surface area contributed by atoms with Crippen molar-refractivity contribution in [1.82, 2.24) is 24.6 Å². The second kappa shape index (κ2) is 9.25. The lowest BCUT2D eigenvalue weighted by Gasteiger charge is -2.33. The molecule has 0 saturated carbocycles. The molecule has 32 heavy (non-hydrogen) atoms. The molecule has 3 heterocycles. The lowest BCUT2D eigenvalue weighted by molar-refractivity contribution is 0.0518. The number of benzene rings is 1. The van der Waals surface area contributed by atoms with Gasteiger partial charge >= 0.3 is 0 Å². The third kappa shape index (κ3) is 4.37. The van der Waals surface area contributed by atoms with Crippen molar-refractivity contribution >= 4 is 11.7 Å². The van der Waals surface area contributed by atoms with E-state index in [1.807, 2.05) is 54.2 Å². The number of hydrogen-bond acceptors (Lipinski definition) is 7. The van der Waals surface area contributed by atoms with Crippen LogP contribution in [0.3, 0.4) is 0 Å². The molecular formula is C23H28N6O3. The smallest absolute Gasteiger partial charge is 0.272 e. The van der Waals surface area contributed by atoms with Gasteiger partial charge < -0.3 is 19.3 Å². The molecule has 0 N–H and O–H groups in total. The maximum atomic E-state index is 13.3. The standard InChI is InChI=1S/C23H28N6O3/c1-27(2)21-22(25-12-11-24-21)32-16-8-7-13-29(15-16)23(30)19-14-18(26-28(19)3)17-9-5-6-10-20(17)31-4/h5-6,9-12,14,16H,7-8,13,15H2,1-4H3. The van der Waals surface area contributed by atoms with E-state index in [9.17, 15) is 4.79 Å². The van der Waals surface area contributed by atoms with Crippen LogP contribution in [0.2, 0.25) is 0 Å². The Morgan fingerprint density at radius 2 is 1.97 bits per heavy atom. The van der Waals surface area contributed by atoms with Crippen molar-refractivity contribution in [1.29, 1.82) is 0 Å². The summed E-state index contributed by atoms with van der Waals surface area (Å²) < 4.78 is 13.2. The molecule has 0 aliphatic carbocycles. The number of para-hydroxylation sites is 1. The number of rotatable bonds is 6. The zero-order valence-corrected chi connectivity index (χ0v) is 18.9. The van der Waals surface area contributed by atoms with Crippen LogP contribution in [0.5, 0.6) is 11.6 Å². The summed E-state index contributed by atoms with van der Waals surface area (Å²) in [6.45, 7) is 1.16. The Balaban J connectivity index is 1.51. The zero-order chi connectivity index (χ0) is 22.7. The van der Waals surface area contributed by atoms with Crippen molar-refractivity contribution < 1.29 is 14.3 Å². The topological polar surface area (TPSA) is 85.6 Å². The molecule has 1 saturated heterocycles. The molecule has 3 aromatic rings. The number of carbonyl (C=O) groups is 1. The molecular weight excluding hydrogens is 408 g/mol. The van der Waals surface area contributed by atoms with Gasteiger partial charge in [0, 0.05) is 45.6 Å². The summed E-state index contributed by atoms with van der Waals surface area (Å²) in [4.78, 5) is 25.7. The highest BCUT2D eigenvalue weighted by Gasteiger charge is 2.29. The molecule has 9 nitrogen and oxygen atoms in total. The van der Waals surface area contributed by atoms with Crippen molar-refractivity contribution in [3.8, 4) is 22.9 Å². The third-order valence-electron chi connectivity index (χ3n) is 5.50. The average Bonchev–Trinajstić information content (AvgIpc) is 3.20. The first-order chi connectivity index (χ1) is 15.5. The molecule has 1 atom stereocenters. The van der Waals surface area contributed by atoms with Crippen LogP contribution in [0.1, 0.15) is 23.3 Å². The van der Waals surface area contributed by atoms with Crippen LogP contribution >= 0.6 is 0 Å². The second-order valence-corrected chi connectivity index (χ2v) is 7.95. The number of carbonyl (C=O) groups excluding carboxylic acids is 1. The average molecular weight is 437 g/mol. The summed E-state index contributed by atoms with van der Waals surface area (Å²) >= 11 is 0. The lowest BCUT2D eigenvalue weighted by Crippen LogP contribution is -2.45. The number of ether oxygens (including phenoxy) is 2. The summed E-state index contributed by atoms with van der Waals surface area (Å²) in [5.41, 5.74) is 2.08. The molecule has 0 bridgehead atoms. The predicted molar refractivity (Wildman–Crippen MR) is 121 cm³/mol. The molecule has 1 aromatic carbocycles. The highest BCUT2D eigenvalue weighted by atomic mass is 16.5. The van der Waals surface area contributed by atoms with Gasteiger partial charge in [-0.25, -0.2) is 9.97 Å². The largest absolute Gasteiger partial charge is 0.496 e. The Bertz CT molecular complexity index is 1100. The molecule has 1 aliphatic heterocycles. The Labute approximate surface area is 187 Å². The minimum atomic E-state index is -0.148. The molecule has 2 aromatic heterocycles. The Kier molecular flexibility index (Phi) is 6.25. The number of hydrogen-bond donors (Lipinski definition) is 0. The van der Waals surface area contributed by atoms with Crippen molar-refractivity contribution in [3.63, 3.8) is 0 Å². The van der Waals surface area contributed by atoms with E-state index in [4.69, 9.17) is 9.47 Å². The van der Waals surface area contributed by atoms with E-state index in [1.54, 1.807) is 31.2 Å². The van der Waals surface area contributed by atoms with Crippen molar-refractivity contribution in [2.45, 2.75) is 18.9 Å². The van der Waals surface area contributed by atoms with E-state index in [0.717, 1.165) is 24.2 Å². The van der Waals surface area contributed by atoms with E-state index < -0.39 is 0 Å². The number of piperidine rings is 1. The molecule has 168 valence electrons. The van der Waals surface area contributed by atoms with Gasteiger partial charge in [0.25, 0.3) is 11.8 Å². The summed E-state index contributed by atoms with van der Waals surface area (Å²) in [7, 11) is 7.21. The van der Waals surface area contributed by atoms with Crippen LogP contribution in [-0.2, 0) is 7.05 Å². The SMILES string of the molecule is COc1ccccc1-c1cc(C(=O)N2CCCC(Oc3nccnc3N(C)C)C2)n(C)n1. The first kappa shape index (κ1) is 21.6. The minimum absolute atomic E-state index is 0.0681. The highest BCUT2D eigenvalue weighted by molar-refractivity contribution is 5.94. The van der Waals surface area contributed by atoms with Gasteiger partial charge in [0.15, 0.2) is 5.82 Å². The van der Waals surface area contributed by atoms with Gasteiger partial charge in [0.1, 0.15) is 17.5 Å². The van der Waals surface area contributed by atoms with Crippen LogP contribution in [0.15, 0.2) is 42.7 Å². The van der Waals surface area contributed by atoms with Crippen LogP contribution in [-0.4, -0.2) is 71.0 Å². The van der Waals surface area contributed by atoms with Crippen molar-refractivity contribution in [2.75, 3.05) is 39.2 Å². The van der Waals surface area contributed by atoms with E-state index in [2.05, 4.69) is 15.1 Å². The fraction of sp³-hybridized carbons (Fsp3) is 0.391. The number of nitrogens with zero attached hydrogens (tertiary/aromatic N) is 6. The van der Waals surface area contributed by atoms with Gasteiger partial charge in [-0.15, -0.1) is 0 Å². The molecule has 1 fully saturated rings. The highest BCUT2D eigenvalue weighted by Crippen LogP contribution is 2.30. The minimum Gasteiger partial charge on any atom is -0.496 e. The second-order valence-electron chi connectivity index (χ2n) is 7.95. The Morgan fingerprint density at radius 3 is 2.75 bits per heavy atom. The molecule has 1 unspecified atom stereocenters. The van der Waals surface area contributed by atoms with Crippen LogP contribution in [0, 0.1) is 0 Å². The monoisotopic (exact) mass is 436 g/mol. The number of amides is 1. The van der Waals surface area contributed by atoms with Crippen LogP contribution in [0.4, 0.5) is 5.82 Å². The quantitative estimate of drug-likeness (QED) is 0.587. The Morgan fingerprint density at radius 1 is 1.19 bits per heavy atom. The maximum Gasteiger partial charge on any atom is 0.272 e. The fourth-order valence-corrected chi connectivity index (χ4v) is 3.90. The molecule has 0 radical (unpaired) electrons. The third-order valence-corrected chi connectivity index (χ3v) is 5.50. The van der Waals surface area contributed by atoms with Crippen molar-refractivity contribution in [3.05, 3.63) is 48.4 Å². The predicted octanol–water partition coefficient (Wildman–Crippen LogP) is 2.64. The van der Waals surface area contributed by atoms with Gasteiger partial charge in [-0.1, -0.05) is 12.1 Å². The van der Waals surface area contributed by atoms with E-state index in [1.165, 1.54) is 0 Å². The van der Waals surface area contributed by atoms with Crippen LogP contribution in [0.25, 0.3) is 11.3 Å². The van der Waals surface area contributed by atoms with Crippen LogP contribution < -0.4 is 14.4 Å². The Hall–Kier alpha value is -3.62. The van der Waals surface area contributed by atoms with Gasteiger partial charge in [-0.05, 0) is 31.0 Å². The summed E-state index contributed by atoms with van der Waals surface area (Å²) in [6, 6.07) is 9.46. The molecule has 1 amide bonds. The van der Waals surface area contributed by atoms with E-state index >= 15 is 0 Å². The van der Waals surface area contributed by atoms with Crippen molar-refractivity contribution in [2.24, 2.45) is 7.05 Å². The summed E-state index contributed by atoms with van der Waals surface area (Å²) in [5, 5.41) is 4.56. The molecule has 1 aliphatic rings. The number of aromatic nitrogens is 4. The first-order valence-electron chi connectivity index (χ1n) is 10.6. The fourth-order valence-electron chi connectivity index (χ4n) is 3.90. The number of methoxy groups -OCH3 is 1. The van der Waals surface area contributed by atoms with Gasteiger partial charge in [0.2, 0.25) is 0 Å². The number of anilines is 1. The molecule has 9 heteroatoms. The maximum absolute atomic E-state index is 13.3. The van der Waals surface area contributed by atoms with Gasteiger partial charge in [-0.3, -0.25) is 9.48 Å². The van der Waals surface area contributed by atoms with E-state index in [-0.39, 0.29) is 12.0 Å².